The minimum atomic E-state index is -0.659. The smallest absolute Gasteiger partial charge is 0.329 e. The fraction of sp³-hybridized carbons (Fsp3) is 0.385. The van der Waals surface area contributed by atoms with Crippen molar-refractivity contribution in [3.8, 4) is 0 Å². The molecule has 0 radical (unpaired) electrons. The van der Waals surface area contributed by atoms with Gasteiger partial charge in [-0.15, -0.1) is 11.8 Å². The van der Waals surface area contributed by atoms with Crippen molar-refractivity contribution in [2.45, 2.75) is 24.8 Å². The number of ether oxygens (including phenoxy) is 1. The number of benzene rings is 1. The van der Waals surface area contributed by atoms with Crippen LogP contribution in [0.1, 0.15) is 12.5 Å². The number of esters is 1. The maximum Gasteiger partial charge on any atom is 0.329 e. The van der Waals surface area contributed by atoms with Crippen molar-refractivity contribution < 1.29 is 14.3 Å². The first kappa shape index (κ1) is 15.4. The van der Waals surface area contributed by atoms with Gasteiger partial charge in [0.2, 0.25) is 5.91 Å². The molecule has 0 saturated heterocycles. The van der Waals surface area contributed by atoms with Gasteiger partial charge in [-0.1, -0.05) is 6.07 Å². The molecule has 0 aliphatic carbocycles. The Labute approximate surface area is 116 Å². The molecule has 6 heteroatoms. The highest BCUT2D eigenvalue weighted by atomic mass is 32.2. The van der Waals surface area contributed by atoms with Crippen LogP contribution in [-0.4, -0.2) is 30.8 Å². The Bertz CT molecular complexity index is 477. The van der Waals surface area contributed by atoms with Gasteiger partial charge in [-0.3, -0.25) is 4.79 Å². The summed E-state index contributed by atoms with van der Waals surface area (Å²) in [4.78, 5) is 23.6. The molecule has 1 aromatic carbocycles. The van der Waals surface area contributed by atoms with E-state index in [0.29, 0.717) is 11.4 Å². The van der Waals surface area contributed by atoms with Gasteiger partial charge >= 0.3 is 5.97 Å². The predicted octanol–water partition coefficient (Wildman–Crippen LogP) is 1.35. The molecule has 0 aliphatic heterocycles. The molecule has 1 amide bonds. The van der Waals surface area contributed by atoms with Gasteiger partial charge in [0.1, 0.15) is 6.04 Å². The number of aryl methyl sites for hydroxylation is 1. The van der Waals surface area contributed by atoms with Gasteiger partial charge in [0, 0.05) is 23.3 Å². The normalized spacial score (nSPS) is 11.7. The van der Waals surface area contributed by atoms with E-state index in [2.05, 4.69) is 10.1 Å². The largest absolute Gasteiger partial charge is 0.467 e. The Hall–Kier alpha value is -1.69. The molecule has 5 nitrogen and oxygen atoms in total. The molecular weight excluding hydrogens is 264 g/mol. The zero-order valence-corrected chi connectivity index (χ0v) is 12.0. The lowest BCUT2D eigenvalue weighted by Crippen LogP contribution is -2.42. The van der Waals surface area contributed by atoms with Gasteiger partial charge in [0.15, 0.2) is 0 Å². The number of hydrogen-bond acceptors (Lipinski definition) is 5. The number of carbonyl (C=O) groups is 2. The SMILES string of the molecule is COC(=O)C(CSc1cc(N)ccc1C)NC(C)=O. The number of nitrogens with two attached hydrogens (primary N) is 1. The van der Waals surface area contributed by atoms with E-state index in [9.17, 15) is 9.59 Å². The van der Waals surface area contributed by atoms with E-state index in [1.165, 1.54) is 25.8 Å². The van der Waals surface area contributed by atoms with Crippen LogP contribution < -0.4 is 11.1 Å². The standard InChI is InChI=1S/C13H18N2O3S/c1-8-4-5-10(14)6-12(8)19-7-11(13(17)18-3)15-9(2)16/h4-6,11H,7,14H2,1-3H3,(H,15,16). The van der Waals surface area contributed by atoms with E-state index in [-0.39, 0.29) is 5.91 Å². The molecule has 0 heterocycles. The number of hydrogen-bond donors (Lipinski definition) is 2. The molecule has 104 valence electrons. The summed E-state index contributed by atoms with van der Waals surface area (Å²) in [7, 11) is 1.30. The highest BCUT2D eigenvalue weighted by molar-refractivity contribution is 7.99. The summed E-state index contributed by atoms with van der Waals surface area (Å²) in [6, 6.07) is 4.93. The Morgan fingerprint density at radius 3 is 2.74 bits per heavy atom. The van der Waals surface area contributed by atoms with Crippen LogP contribution in [0.2, 0.25) is 0 Å². The molecule has 19 heavy (non-hydrogen) atoms. The predicted molar refractivity (Wildman–Crippen MR) is 75.9 cm³/mol. The second-order valence-electron chi connectivity index (χ2n) is 4.11. The van der Waals surface area contributed by atoms with Gasteiger partial charge in [0.25, 0.3) is 0 Å². The van der Waals surface area contributed by atoms with Gasteiger partial charge < -0.3 is 15.8 Å². The summed E-state index contributed by atoms with van der Waals surface area (Å²) in [5.41, 5.74) is 7.47. The summed E-state index contributed by atoms with van der Waals surface area (Å²) >= 11 is 1.46. The number of nitrogen functional groups attached to an aromatic ring is 1. The summed E-state index contributed by atoms with van der Waals surface area (Å²) in [5, 5.41) is 2.57. The monoisotopic (exact) mass is 282 g/mol. The van der Waals surface area contributed by atoms with Crippen LogP contribution in [0.3, 0.4) is 0 Å². The molecule has 0 spiro atoms. The van der Waals surface area contributed by atoms with E-state index in [0.717, 1.165) is 10.5 Å². The van der Waals surface area contributed by atoms with Crippen LogP contribution in [0.5, 0.6) is 0 Å². The zero-order valence-electron chi connectivity index (χ0n) is 11.2. The topological polar surface area (TPSA) is 81.4 Å². The van der Waals surface area contributed by atoms with E-state index in [1.807, 2.05) is 25.1 Å². The summed E-state index contributed by atoms with van der Waals surface area (Å²) < 4.78 is 4.66. The molecule has 1 unspecified atom stereocenters. The molecule has 1 aromatic rings. The fourth-order valence-electron chi connectivity index (χ4n) is 1.50. The third kappa shape index (κ3) is 4.82. The van der Waals surface area contributed by atoms with E-state index < -0.39 is 12.0 Å². The number of nitrogens with one attached hydrogen (secondary N) is 1. The van der Waals surface area contributed by atoms with E-state index in [1.54, 1.807) is 0 Å². The second-order valence-corrected chi connectivity index (χ2v) is 5.17. The molecule has 1 rings (SSSR count). The Morgan fingerprint density at radius 1 is 1.47 bits per heavy atom. The van der Waals surface area contributed by atoms with Crippen molar-refractivity contribution >= 4 is 29.3 Å². The minimum absolute atomic E-state index is 0.264. The van der Waals surface area contributed by atoms with Crippen molar-refractivity contribution in [2.24, 2.45) is 0 Å². The Kier molecular flexibility index (Phi) is 5.69. The lowest BCUT2D eigenvalue weighted by molar-refractivity contribution is -0.144. The second kappa shape index (κ2) is 7.04. The molecule has 0 aromatic heterocycles. The summed E-state index contributed by atoms with van der Waals surface area (Å²) in [5.74, 6) is -0.319. The minimum Gasteiger partial charge on any atom is -0.467 e. The number of thioether (sulfide) groups is 1. The Morgan fingerprint density at radius 2 is 2.16 bits per heavy atom. The van der Waals surface area contributed by atoms with Crippen molar-refractivity contribution in [3.63, 3.8) is 0 Å². The van der Waals surface area contributed by atoms with E-state index in [4.69, 9.17) is 5.73 Å². The van der Waals surface area contributed by atoms with Crippen LogP contribution in [0.4, 0.5) is 5.69 Å². The number of methoxy groups -OCH3 is 1. The maximum absolute atomic E-state index is 11.5. The van der Waals surface area contributed by atoms with Crippen molar-refractivity contribution in [1.82, 2.24) is 5.32 Å². The third-order valence-corrected chi connectivity index (χ3v) is 3.73. The first-order valence-corrected chi connectivity index (χ1v) is 6.76. The van der Waals surface area contributed by atoms with Gasteiger partial charge in [-0.05, 0) is 24.6 Å². The molecule has 0 saturated carbocycles. The fourth-order valence-corrected chi connectivity index (χ4v) is 2.58. The average molecular weight is 282 g/mol. The molecule has 0 bridgehead atoms. The van der Waals surface area contributed by atoms with Crippen LogP contribution >= 0.6 is 11.8 Å². The lowest BCUT2D eigenvalue weighted by atomic mass is 10.2. The number of carbonyl (C=O) groups excluding carboxylic acids is 2. The Balaban J connectivity index is 2.72. The third-order valence-electron chi connectivity index (χ3n) is 2.48. The number of rotatable bonds is 5. The van der Waals surface area contributed by atoms with Crippen molar-refractivity contribution in [2.75, 3.05) is 18.6 Å². The first-order valence-electron chi connectivity index (χ1n) is 5.78. The maximum atomic E-state index is 11.5. The summed E-state index contributed by atoms with van der Waals surface area (Å²) in [6.45, 7) is 3.33. The van der Waals surface area contributed by atoms with Crippen LogP contribution in [0, 0.1) is 6.92 Å². The molecule has 0 fully saturated rings. The van der Waals surface area contributed by atoms with Gasteiger partial charge in [-0.25, -0.2) is 4.79 Å². The molecule has 0 aliphatic rings. The molecular formula is C13H18N2O3S. The highest BCUT2D eigenvalue weighted by Crippen LogP contribution is 2.25. The van der Waals surface area contributed by atoms with Gasteiger partial charge in [0.05, 0.1) is 7.11 Å². The number of amides is 1. The van der Waals surface area contributed by atoms with E-state index >= 15 is 0 Å². The van der Waals surface area contributed by atoms with Crippen molar-refractivity contribution in [1.29, 1.82) is 0 Å². The average Bonchev–Trinajstić information content (AvgIpc) is 2.36. The molecule has 3 N–H and O–H groups in total. The summed E-state index contributed by atoms with van der Waals surface area (Å²) in [6.07, 6.45) is 0. The zero-order chi connectivity index (χ0) is 14.4. The number of anilines is 1. The van der Waals surface area contributed by atoms with Gasteiger partial charge in [-0.2, -0.15) is 0 Å². The van der Waals surface area contributed by atoms with Crippen LogP contribution in [0.15, 0.2) is 23.1 Å². The lowest BCUT2D eigenvalue weighted by Gasteiger charge is -2.15. The van der Waals surface area contributed by atoms with Crippen LogP contribution in [0.25, 0.3) is 0 Å². The first-order chi connectivity index (χ1) is 8.93. The molecule has 1 atom stereocenters. The highest BCUT2D eigenvalue weighted by Gasteiger charge is 2.20. The van der Waals surface area contributed by atoms with Crippen molar-refractivity contribution in [3.05, 3.63) is 23.8 Å². The quantitative estimate of drug-likeness (QED) is 0.484. The van der Waals surface area contributed by atoms with Crippen LogP contribution in [-0.2, 0) is 14.3 Å².